The number of hydrogen-bond acceptors (Lipinski definition) is 3. The van der Waals surface area contributed by atoms with Crippen molar-refractivity contribution in [3.8, 4) is 0 Å². The molecule has 0 spiro atoms. The first kappa shape index (κ1) is 21.4. The Labute approximate surface area is 150 Å². The number of guanidine groups is 1. The molecule has 0 amide bonds. The number of aliphatic hydroxyl groups excluding tert-OH is 1. The molecular weight excluding hydrogens is 321 g/mol. The number of nitrogens with one attached hydrogen (secondary N) is 2. The molecule has 5 nitrogen and oxygen atoms in total. The maximum absolute atomic E-state index is 13.7. The van der Waals surface area contributed by atoms with Crippen LogP contribution < -0.4 is 10.6 Å². The Morgan fingerprint density at radius 2 is 1.96 bits per heavy atom. The molecule has 0 saturated heterocycles. The van der Waals surface area contributed by atoms with E-state index in [-0.39, 0.29) is 18.2 Å². The molecule has 142 valence electrons. The number of halogens is 1. The van der Waals surface area contributed by atoms with Gasteiger partial charge in [-0.05, 0) is 32.3 Å². The molecule has 0 aliphatic rings. The van der Waals surface area contributed by atoms with Gasteiger partial charge in [-0.25, -0.2) is 4.39 Å². The lowest BCUT2D eigenvalue weighted by atomic mass is 10.0. The van der Waals surface area contributed by atoms with Crippen LogP contribution in [0.15, 0.2) is 29.3 Å². The van der Waals surface area contributed by atoms with Crippen LogP contribution in [0, 0.1) is 11.7 Å². The molecule has 0 saturated carbocycles. The molecule has 0 bridgehead atoms. The lowest BCUT2D eigenvalue weighted by Crippen LogP contribution is -2.39. The maximum Gasteiger partial charge on any atom is 0.191 e. The standard InChI is InChI=1S/C19H32FN3O2/c1-5-21-19(22-12-11-18(14(3)4)25-6-2)23-13-17(24)15-9-7-8-10-16(15)20/h7-10,14,17-18,24H,5-6,11-13H2,1-4H3,(H2,21,22,23). The predicted octanol–water partition coefficient (Wildman–Crippen LogP) is 2.87. The Kier molecular flexibility index (Phi) is 10.1. The van der Waals surface area contributed by atoms with Crippen molar-refractivity contribution in [2.75, 3.05) is 26.2 Å². The summed E-state index contributed by atoms with van der Waals surface area (Å²) < 4.78 is 19.4. The molecule has 1 aromatic carbocycles. The van der Waals surface area contributed by atoms with E-state index < -0.39 is 11.9 Å². The van der Waals surface area contributed by atoms with Crippen LogP contribution in [0.25, 0.3) is 0 Å². The summed E-state index contributed by atoms with van der Waals surface area (Å²) in [5.74, 6) is 0.640. The molecule has 0 radical (unpaired) electrons. The van der Waals surface area contributed by atoms with Gasteiger partial charge in [0.05, 0.1) is 12.6 Å². The SMILES string of the molecule is CCNC(=NCC(O)c1ccccc1F)NCCC(OCC)C(C)C. The molecule has 3 N–H and O–H groups in total. The molecule has 1 aromatic rings. The molecule has 25 heavy (non-hydrogen) atoms. The van der Waals surface area contributed by atoms with Crippen molar-refractivity contribution >= 4 is 5.96 Å². The smallest absolute Gasteiger partial charge is 0.191 e. The normalized spacial score (nSPS) is 14.4. The summed E-state index contributed by atoms with van der Waals surface area (Å²) in [6, 6.07) is 6.22. The summed E-state index contributed by atoms with van der Waals surface area (Å²) in [4.78, 5) is 4.36. The first-order valence-electron chi connectivity index (χ1n) is 9.05. The third-order valence-corrected chi connectivity index (χ3v) is 3.88. The van der Waals surface area contributed by atoms with E-state index in [0.717, 1.165) is 6.42 Å². The zero-order valence-electron chi connectivity index (χ0n) is 15.8. The van der Waals surface area contributed by atoms with Crippen molar-refractivity contribution in [3.05, 3.63) is 35.6 Å². The van der Waals surface area contributed by atoms with Crippen molar-refractivity contribution < 1.29 is 14.2 Å². The van der Waals surface area contributed by atoms with Gasteiger partial charge in [-0.2, -0.15) is 0 Å². The van der Waals surface area contributed by atoms with Gasteiger partial charge in [0, 0.05) is 25.3 Å². The Balaban J connectivity index is 2.57. The monoisotopic (exact) mass is 353 g/mol. The van der Waals surface area contributed by atoms with Gasteiger partial charge in [0.1, 0.15) is 11.9 Å². The lowest BCUT2D eigenvalue weighted by Gasteiger charge is -2.21. The first-order valence-corrected chi connectivity index (χ1v) is 9.05. The molecule has 2 atom stereocenters. The van der Waals surface area contributed by atoms with Crippen LogP contribution in [-0.2, 0) is 4.74 Å². The van der Waals surface area contributed by atoms with E-state index in [1.54, 1.807) is 18.2 Å². The minimum Gasteiger partial charge on any atom is -0.386 e. The molecule has 0 aliphatic heterocycles. The quantitative estimate of drug-likeness (QED) is 0.447. The average molecular weight is 353 g/mol. The van der Waals surface area contributed by atoms with Crippen LogP contribution in [0.1, 0.15) is 45.8 Å². The highest BCUT2D eigenvalue weighted by molar-refractivity contribution is 5.79. The van der Waals surface area contributed by atoms with Gasteiger partial charge in [0.2, 0.25) is 0 Å². The molecule has 2 unspecified atom stereocenters. The third-order valence-electron chi connectivity index (χ3n) is 3.88. The van der Waals surface area contributed by atoms with E-state index in [4.69, 9.17) is 4.74 Å². The molecule has 6 heteroatoms. The van der Waals surface area contributed by atoms with Crippen molar-refractivity contribution in [1.82, 2.24) is 10.6 Å². The highest BCUT2D eigenvalue weighted by Gasteiger charge is 2.14. The topological polar surface area (TPSA) is 65.9 Å². The molecule has 0 heterocycles. The van der Waals surface area contributed by atoms with E-state index in [1.165, 1.54) is 6.07 Å². The summed E-state index contributed by atoms with van der Waals surface area (Å²) in [7, 11) is 0. The molecule has 0 aliphatic carbocycles. The highest BCUT2D eigenvalue weighted by Crippen LogP contribution is 2.16. The summed E-state index contributed by atoms with van der Waals surface area (Å²) in [6.45, 7) is 10.5. The molecule has 0 fully saturated rings. The highest BCUT2D eigenvalue weighted by atomic mass is 19.1. The lowest BCUT2D eigenvalue weighted by molar-refractivity contribution is 0.0258. The largest absolute Gasteiger partial charge is 0.386 e. The van der Waals surface area contributed by atoms with Gasteiger partial charge in [-0.3, -0.25) is 4.99 Å². The Hall–Kier alpha value is -1.66. The summed E-state index contributed by atoms with van der Waals surface area (Å²) in [5, 5.41) is 16.5. The number of rotatable bonds is 10. The van der Waals surface area contributed by atoms with E-state index >= 15 is 0 Å². The number of benzene rings is 1. The molecule has 0 aromatic heterocycles. The van der Waals surface area contributed by atoms with E-state index in [2.05, 4.69) is 29.5 Å². The van der Waals surface area contributed by atoms with Crippen molar-refractivity contribution in [1.29, 1.82) is 0 Å². The molecular formula is C19H32FN3O2. The summed E-state index contributed by atoms with van der Waals surface area (Å²) >= 11 is 0. The van der Waals surface area contributed by atoms with E-state index in [9.17, 15) is 9.50 Å². The fourth-order valence-corrected chi connectivity index (χ4v) is 2.52. The fourth-order valence-electron chi connectivity index (χ4n) is 2.52. The third kappa shape index (κ3) is 7.84. The Morgan fingerprint density at radius 1 is 1.24 bits per heavy atom. The van der Waals surface area contributed by atoms with Crippen LogP contribution in [0.2, 0.25) is 0 Å². The average Bonchev–Trinajstić information content (AvgIpc) is 2.58. The Bertz CT molecular complexity index is 523. The first-order chi connectivity index (χ1) is 12.0. The van der Waals surface area contributed by atoms with Crippen molar-refractivity contribution in [3.63, 3.8) is 0 Å². The van der Waals surface area contributed by atoms with Gasteiger partial charge in [-0.1, -0.05) is 32.0 Å². The number of aliphatic imine (C=N–C) groups is 1. The fraction of sp³-hybridized carbons (Fsp3) is 0.632. The molecule has 1 rings (SSSR count). The minimum atomic E-state index is -0.969. The van der Waals surface area contributed by atoms with E-state index in [1.807, 2.05) is 13.8 Å². The minimum absolute atomic E-state index is 0.0926. The zero-order chi connectivity index (χ0) is 18.7. The number of hydrogen-bond donors (Lipinski definition) is 3. The second-order valence-corrected chi connectivity index (χ2v) is 6.21. The number of ether oxygens (including phenoxy) is 1. The van der Waals surface area contributed by atoms with Gasteiger partial charge < -0.3 is 20.5 Å². The maximum atomic E-state index is 13.7. The van der Waals surface area contributed by atoms with Crippen molar-refractivity contribution in [2.45, 2.75) is 46.3 Å². The van der Waals surface area contributed by atoms with Gasteiger partial charge in [-0.15, -0.1) is 0 Å². The van der Waals surface area contributed by atoms with Crippen LogP contribution in [0.4, 0.5) is 4.39 Å². The number of nitrogens with zero attached hydrogens (tertiary/aromatic N) is 1. The van der Waals surface area contributed by atoms with Gasteiger partial charge >= 0.3 is 0 Å². The second-order valence-electron chi connectivity index (χ2n) is 6.21. The zero-order valence-corrected chi connectivity index (χ0v) is 15.8. The van der Waals surface area contributed by atoms with Crippen LogP contribution in [-0.4, -0.2) is 43.4 Å². The van der Waals surface area contributed by atoms with Gasteiger partial charge in [0.25, 0.3) is 0 Å². The second kappa shape index (κ2) is 11.8. The summed E-state index contributed by atoms with van der Waals surface area (Å²) in [6.07, 6.45) is 0.0964. The predicted molar refractivity (Wildman–Crippen MR) is 100 cm³/mol. The van der Waals surface area contributed by atoms with Gasteiger partial charge in [0.15, 0.2) is 5.96 Å². The number of aliphatic hydroxyl groups is 1. The van der Waals surface area contributed by atoms with Crippen LogP contribution >= 0.6 is 0 Å². The van der Waals surface area contributed by atoms with Crippen LogP contribution in [0.3, 0.4) is 0 Å². The van der Waals surface area contributed by atoms with Crippen molar-refractivity contribution in [2.24, 2.45) is 10.9 Å². The van der Waals surface area contributed by atoms with E-state index in [0.29, 0.717) is 31.6 Å². The summed E-state index contributed by atoms with van der Waals surface area (Å²) in [5.41, 5.74) is 0.262. The Morgan fingerprint density at radius 3 is 2.56 bits per heavy atom. The van der Waals surface area contributed by atoms with Crippen LogP contribution in [0.5, 0.6) is 0 Å².